The third kappa shape index (κ3) is 3.33. The van der Waals surface area contributed by atoms with Crippen molar-refractivity contribution >= 4 is 23.4 Å². The summed E-state index contributed by atoms with van der Waals surface area (Å²) < 4.78 is 9.16. The number of nitrogens with one attached hydrogen (secondary N) is 1. The molecule has 0 aliphatic heterocycles. The Balaban J connectivity index is 2.39. The first kappa shape index (κ1) is 15.8. The summed E-state index contributed by atoms with van der Waals surface area (Å²) in [5.74, 6) is -1.39. The zero-order valence-electron chi connectivity index (χ0n) is 12.5. The van der Waals surface area contributed by atoms with Crippen LogP contribution in [0.1, 0.15) is 28.8 Å². The number of fused-ring (bicyclic) bond motifs is 1. The largest absolute Gasteiger partial charge is 0.466 e. The Morgan fingerprint density at radius 1 is 1.18 bits per heavy atom. The maximum absolute atomic E-state index is 12.1. The molecule has 0 amide bonds. The average Bonchev–Trinajstić information content (AvgIpc) is 2.53. The molecule has 6 heteroatoms. The number of carbonyl (C=O) groups is 3. The SMILES string of the molecule is COC(=O)/C=C(/Nc1cccc2c1C(=O)CCC2)C(=O)OC. The predicted molar refractivity (Wildman–Crippen MR) is 79.4 cm³/mol. The molecule has 0 spiro atoms. The molecule has 1 aliphatic rings. The number of ketones is 1. The van der Waals surface area contributed by atoms with Gasteiger partial charge in [-0.3, -0.25) is 4.79 Å². The van der Waals surface area contributed by atoms with Crippen molar-refractivity contribution in [3.05, 3.63) is 41.1 Å². The Labute approximate surface area is 128 Å². The van der Waals surface area contributed by atoms with Crippen LogP contribution in [0.5, 0.6) is 0 Å². The van der Waals surface area contributed by atoms with E-state index < -0.39 is 11.9 Å². The number of methoxy groups -OCH3 is 2. The summed E-state index contributed by atoms with van der Waals surface area (Å²) in [6.07, 6.45) is 3.10. The van der Waals surface area contributed by atoms with Crippen LogP contribution in [-0.4, -0.2) is 31.9 Å². The highest BCUT2D eigenvalue weighted by Crippen LogP contribution is 2.28. The lowest BCUT2D eigenvalue weighted by Gasteiger charge is -2.19. The van der Waals surface area contributed by atoms with Crippen LogP contribution in [0, 0.1) is 0 Å². The van der Waals surface area contributed by atoms with E-state index in [1.807, 2.05) is 6.07 Å². The molecule has 0 saturated heterocycles. The third-order valence-corrected chi connectivity index (χ3v) is 3.42. The maximum Gasteiger partial charge on any atom is 0.354 e. The van der Waals surface area contributed by atoms with E-state index in [1.165, 1.54) is 14.2 Å². The van der Waals surface area contributed by atoms with Gasteiger partial charge in [-0.2, -0.15) is 0 Å². The predicted octanol–water partition coefficient (Wildman–Crippen LogP) is 1.85. The number of hydrogen-bond donors (Lipinski definition) is 1. The van der Waals surface area contributed by atoms with E-state index in [0.29, 0.717) is 17.7 Å². The number of benzene rings is 1. The summed E-state index contributed by atoms with van der Waals surface area (Å²) in [5, 5.41) is 2.82. The first-order chi connectivity index (χ1) is 10.6. The smallest absolute Gasteiger partial charge is 0.354 e. The molecule has 2 rings (SSSR count). The van der Waals surface area contributed by atoms with Gasteiger partial charge in [0.2, 0.25) is 0 Å². The van der Waals surface area contributed by atoms with Gasteiger partial charge in [0.15, 0.2) is 5.78 Å². The Morgan fingerprint density at radius 2 is 1.95 bits per heavy atom. The number of hydrogen-bond acceptors (Lipinski definition) is 6. The van der Waals surface area contributed by atoms with Gasteiger partial charge in [-0.05, 0) is 24.5 Å². The molecule has 0 heterocycles. The number of anilines is 1. The van der Waals surface area contributed by atoms with Crippen molar-refractivity contribution in [3.8, 4) is 0 Å². The number of ether oxygens (including phenoxy) is 2. The minimum Gasteiger partial charge on any atom is -0.466 e. The molecule has 22 heavy (non-hydrogen) atoms. The van der Waals surface area contributed by atoms with E-state index in [1.54, 1.807) is 12.1 Å². The van der Waals surface area contributed by atoms with Gasteiger partial charge in [-0.15, -0.1) is 0 Å². The van der Waals surface area contributed by atoms with Crippen molar-refractivity contribution < 1.29 is 23.9 Å². The summed E-state index contributed by atoms with van der Waals surface area (Å²) in [4.78, 5) is 35.3. The fraction of sp³-hybridized carbons (Fsp3) is 0.312. The molecule has 1 N–H and O–H groups in total. The number of carbonyl (C=O) groups excluding carboxylic acids is 3. The summed E-state index contributed by atoms with van der Waals surface area (Å²) in [6.45, 7) is 0. The van der Waals surface area contributed by atoms with E-state index in [2.05, 4.69) is 14.8 Å². The van der Waals surface area contributed by atoms with Gasteiger partial charge in [-0.25, -0.2) is 9.59 Å². The molecule has 116 valence electrons. The monoisotopic (exact) mass is 303 g/mol. The second-order valence-electron chi connectivity index (χ2n) is 4.81. The van der Waals surface area contributed by atoms with E-state index in [4.69, 9.17) is 0 Å². The zero-order chi connectivity index (χ0) is 16.1. The van der Waals surface area contributed by atoms with Gasteiger partial charge < -0.3 is 14.8 Å². The van der Waals surface area contributed by atoms with Crippen LogP contribution >= 0.6 is 0 Å². The van der Waals surface area contributed by atoms with Crippen molar-refractivity contribution in [2.75, 3.05) is 19.5 Å². The standard InChI is InChI=1S/C16H17NO5/c1-21-14(19)9-12(16(20)22-2)17-11-7-3-5-10-6-4-8-13(18)15(10)11/h3,5,7,9,17H,4,6,8H2,1-2H3/b12-9+. The fourth-order valence-corrected chi connectivity index (χ4v) is 2.38. The minimum atomic E-state index is -0.716. The Bertz CT molecular complexity index is 648. The van der Waals surface area contributed by atoms with Crippen LogP contribution in [0.15, 0.2) is 30.0 Å². The summed E-state index contributed by atoms with van der Waals surface area (Å²) >= 11 is 0. The van der Waals surface area contributed by atoms with Gasteiger partial charge in [0, 0.05) is 17.7 Å². The number of esters is 2. The lowest BCUT2D eigenvalue weighted by Crippen LogP contribution is -2.19. The molecular weight excluding hydrogens is 286 g/mol. The molecule has 0 saturated carbocycles. The maximum atomic E-state index is 12.1. The van der Waals surface area contributed by atoms with E-state index in [-0.39, 0.29) is 11.5 Å². The highest BCUT2D eigenvalue weighted by molar-refractivity contribution is 6.05. The summed E-state index contributed by atoms with van der Waals surface area (Å²) in [6, 6.07) is 5.38. The molecule has 0 atom stereocenters. The highest BCUT2D eigenvalue weighted by atomic mass is 16.5. The average molecular weight is 303 g/mol. The van der Waals surface area contributed by atoms with Gasteiger partial charge in [0.25, 0.3) is 0 Å². The van der Waals surface area contributed by atoms with Crippen LogP contribution in [-0.2, 0) is 25.5 Å². The molecule has 0 unspecified atom stereocenters. The minimum absolute atomic E-state index is 0.0200. The van der Waals surface area contributed by atoms with Crippen molar-refractivity contribution in [1.29, 1.82) is 0 Å². The molecule has 6 nitrogen and oxygen atoms in total. The van der Waals surface area contributed by atoms with Crippen molar-refractivity contribution in [3.63, 3.8) is 0 Å². The molecule has 0 fully saturated rings. The molecular formula is C16H17NO5. The lowest BCUT2D eigenvalue weighted by atomic mass is 9.89. The van der Waals surface area contributed by atoms with Crippen LogP contribution < -0.4 is 5.32 Å². The summed E-state index contributed by atoms with van der Waals surface area (Å²) in [5.41, 5.74) is 1.90. The zero-order valence-corrected chi connectivity index (χ0v) is 12.5. The van der Waals surface area contributed by atoms with E-state index >= 15 is 0 Å². The molecule has 1 aliphatic carbocycles. The van der Waals surface area contributed by atoms with E-state index in [9.17, 15) is 14.4 Å². The Hall–Kier alpha value is -2.63. The molecule has 0 radical (unpaired) electrons. The first-order valence-corrected chi connectivity index (χ1v) is 6.87. The van der Waals surface area contributed by atoms with Gasteiger partial charge >= 0.3 is 11.9 Å². The number of rotatable bonds is 4. The first-order valence-electron chi connectivity index (χ1n) is 6.87. The van der Waals surface area contributed by atoms with Crippen LogP contribution in [0.2, 0.25) is 0 Å². The van der Waals surface area contributed by atoms with Gasteiger partial charge in [0.1, 0.15) is 5.70 Å². The van der Waals surface area contributed by atoms with Gasteiger partial charge in [0.05, 0.1) is 20.3 Å². The van der Waals surface area contributed by atoms with Crippen molar-refractivity contribution in [2.24, 2.45) is 0 Å². The topological polar surface area (TPSA) is 81.7 Å². The fourth-order valence-electron chi connectivity index (χ4n) is 2.38. The van der Waals surface area contributed by atoms with E-state index in [0.717, 1.165) is 24.5 Å². The van der Waals surface area contributed by atoms with Crippen molar-refractivity contribution in [1.82, 2.24) is 0 Å². The quantitative estimate of drug-likeness (QED) is 0.675. The molecule has 1 aromatic rings. The Morgan fingerprint density at radius 3 is 2.64 bits per heavy atom. The Kier molecular flexibility index (Phi) is 4.93. The summed E-state index contributed by atoms with van der Waals surface area (Å²) in [7, 11) is 2.42. The number of aryl methyl sites for hydroxylation is 1. The molecule has 1 aromatic carbocycles. The third-order valence-electron chi connectivity index (χ3n) is 3.42. The second kappa shape index (κ2) is 6.89. The van der Waals surface area contributed by atoms with Gasteiger partial charge in [-0.1, -0.05) is 12.1 Å². The molecule has 0 bridgehead atoms. The normalized spacial score (nSPS) is 14.1. The van der Waals surface area contributed by atoms with Crippen LogP contribution in [0.4, 0.5) is 5.69 Å². The van der Waals surface area contributed by atoms with Crippen molar-refractivity contribution in [2.45, 2.75) is 19.3 Å². The second-order valence-corrected chi connectivity index (χ2v) is 4.81. The van der Waals surface area contributed by atoms with Crippen LogP contribution in [0.25, 0.3) is 0 Å². The number of Topliss-reactive ketones (excluding diaryl/α,β-unsaturated/α-hetero) is 1. The van der Waals surface area contributed by atoms with Crippen LogP contribution in [0.3, 0.4) is 0 Å². The highest BCUT2D eigenvalue weighted by Gasteiger charge is 2.22. The molecule has 0 aromatic heterocycles. The lowest BCUT2D eigenvalue weighted by molar-refractivity contribution is -0.138.